The number of hydrogen-bond donors (Lipinski definition) is 0. The van der Waals surface area contributed by atoms with Crippen LogP contribution in [0.15, 0.2) is 48.5 Å². The Morgan fingerprint density at radius 2 is 0.970 bits per heavy atom. The molecular formula is C23H8F6N2S2. The number of nitriles is 2. The number of nitrogens with zero attached hydrogens (tertiary/aromatic N) is 2. The largest absolute Gasteiger partial charge is 0.380 e. The molecule has 0 bridgehead atoms. The van der Waals surface area contributed by atoms with Gasteiger partial charge in [0.1, 0.15) is 21.9 Å². The molecule has 1 aliphatic rings. The summed E-state index contributed by atoms with van der Waals surface area (Å²) in [6.45, 7) is 0. The van der Waals surface area contributed by atoms with Crippen molar-refractivity contribution in [1.29, 1.82) is 10.5 Å². The number of fused-ring (bicyclic) bond motifs is 2. The first-order valence-corrected chi connectivity index (χ1v) is 10.9. The van der Waals surface area contributed by atoms with Crippen LogP contribution in [-0.4, -0.2) is 17.8 Å². The highest BCUT2D eigenvalue weighted by Crippen LogP contribution is 2.66. The molecule has 2 aromatic carbocycles. The van der Waals surface area contributed by atoms with Crippen molar-refractivity contribution in [2.45, 2.75) is 17.8 Å². The number of thiophene rings is 2. The molecule has 33 heavy (non-hydrogen) atoms. The predicted octanol–water partition coefficient (Wildman–Crippen LogP) is 7.69. The summed E-state index contributed by atoms with van der Waals surface area (Å²) in [5.74, 6) is -16.4. The van der Waals surface area contributed by atoms with Gasteiger partial charge in [0.2, 0.25) is 0 Å². The number of rotatable bonds is 2. The van der Waals surface area contributed by atoms with E-state index in [1.54, 1.807) is 24.3 Å². The molecular weight excluding hydrogens is 482 g/mol. The van der Waals surface area contributed by atoms with Crippen molar-refractivity contribution in [1.82, 2.24) is 0 Å². The van der Waals surface area contributed by atoms with Crippen LogP contribution < -0.4 is 0 Å². The number of alkyl halides is 6. The van der Waals surface area contributed by atoms with Crippen LogP contribution in [0.1, 0.15) is 20.9 Å². The van der Waals surface area contributed by atoms with E-state index in [2.05, 4.69) is 0 Å². The van der Waals surface area contributed by atoms with Gasteiger partial charge in [-0.05, 0) is 12.1 Å². The van der Waals surface area contributed by atoms with Crippen LogP contribution in [0, 0.1) is 22.7 Å². The Balaban J connectivity index is 2.04. The molecule has 2 heterocycles. The van der Waals surface area contributed by atoms with Crippen LogP contribution in [0.5, 0.6) is 0 Å². The zero-order valence-corrected chi connectivity index (χ0v) is 17.7. The summed E-state index contributed by atoms with van der Waals surface area (Å²) in [6.07, 6.45) is 0. The molecule has 0 saturated carbocycles. The van der Waals surface area contributed by atoms with Gasteiger partial charge in [-0.25, -0.2) is 0 Å². The van der Waals surface area contributed by atoms with E-state index in [0.29, 0.717) is 9.40 Å². The lowest BCUT2D eigenvalue weighted by molar-refractivity contribution is -0.254. The van der Waals surface area contributed by atoms with E-state index < -0.39 is 49.8 Å². The minimum absolute atomic E-state index is 0.0160. The van der Waals surface area contributed by atoms with E-state index in [4.69, 9.17) is 0 Å². The summed E-state index contributed by atoms with van der Waals surface area (Å²) in [4.78, 5) is -0.787. The third kappa shape index (κ3) is 2.59. The smallest absolute Gasteiger partial charge is 0.194 e. The molecule has 164 valence electrons. The Morgan fingerprint density at radius 1 is 0.606 bits per heavy atom. The van der Waals surface area contributed by atoms with Crippen molar-refractivity contribution in [3.8, 4) is 12.1 Å². The topological polar surface area (TPSA) is 47.6 Å². The number of benzene rings is 2. The molecule has 0 spiro atoms. The molecule has 10 heteroatoms. The van der Waals surface area contributed by atoms with E-state index >= 15 is 17.6 Å². The summed E-state index contributed by atoms with van der Waals surface area (Å²) in [6, 6.07) is 14.9. The fourth-order valence-electron chi connectivity index (χ4n) is 4.13. The van der Waals surface area contributed by atoms with Crippen LogP contribution >= 0.6 is 22.7 Å². The summed E-state index contributed by atoms with van der Waals surface area (Å²) >= 11 is 1.49. The maximum absolute atomic E-state index is 15.3. The first-order chi connectivity index (χ1) is 15.6. The van der Waals surface area contributed by atoms with Crippen LogP contribution in [-0.2, 0) is 0 Å². The van der Waals surface area contributed by atoms with Crippen LogP contribution in [0.3, 0.4) is 0 Å². The van der Waals surface area contributed by atoms with Crippen LogP contribution in [0.4, 0.5) is 26.3 Å². The number of halogens is 6. The zero-order valence-electron chi connectivity index (χ0n) is 16.1. The minimum atomic E-state index is -5.78. The monoisotopic (exact) mass is 490 g/mol. The van der Waals surface area contributed by atoms with Crippen molar-refractivity contribution in [3.05, 3.63) is 69.4 Å². The fraction of sp³-hybridized carbons (Fsp3) is 0.130. The lowest BCUT2D eigenvalue weighted by Crippen LogP contribution is -2.49. The average molecular weight is 490 g/mol. The van der Waals surface area contributed by atoms with Crippen molar-refractivity contribution < 1.29 is 26.3 Å². The first kappa shape index (κ1) is 21.5. The van der Waals surface area contributed by atoms with E-state index in [-0.39, 0.29) is 10.8 Å². The van der Waals surface area contributed by atoms with Gasteiger partial charge in [-0.2, -0.15) is 36.9 Å². The summed E-state index contributed by atoms with van der Waals surface area (Å²) in [7, 11) is 0. The third-order valence-electron chi connectivity index (χ3n) is 5.56. The number of hydrogen-bond acceptors (Lipinski definition) is 4. The Bertz CT molecular complexity index is 1460. The molecule has 5 rings (SSSR count). The van der Waals surface area contributed by atoms with E-state index in [0.717, 1.165) is 22.7 Å². The second kappa shape index (κ2) is 6.83. The molecule has 0 radical (unpaired) electrons. The minimum Gasteiger partial charge on any atom is -0.194 e. The van der Waals surface area contributed by atoms with Gasteiger partial charge in [0.25, 0.3) is 0 Å². The van der Waals surface area contributed by atoms with E-state index in [1.807, 2.05) is 0 Å². The third-order valence-corrected chi connectivity index (χ3v) is 7.71. The highest BCUT2D eigenvalue weighted by Gasteiger charge is 2.80. The van der Waals surface area contributed by atoms with Crippen LogP contribution in [0.2, 0.25) is 0 Å². The lowest BCUT2D eigenvalue weighted by Gasteiger charge is -2.25. The van der Waals surface area contributed by atoms with E-state index in [9.17, 15) is 19.3 Å². The van der Waals surface area contributed by atoms with Gasteiger partial charge in [-0.15, -0.1) is 22.7 Å². The first-order valence-electron chi connectivity index (χ1n) is 9.30. The molecule has 0 fully saturated rings. The van der Waals surface area contributed by atoms with Crippen molar-refractivity contribution in [2.24, 2.45) is 0 Å². The molecule has 0 amide bonds. The molecule has 2 aromatic heterocycles. The maximum atomic E-state index is 15.3. The maximum Gasteiger partial charge on any atom is 0.380 e. The van der Waals surface area contributed by atoms with Crippen molar-refractivity contribution in [2.75, 3.05) is 0 Å². The molecule has 0 atom stereocenters. The highest BCUT2D eigenvalue weighted by molar-refractivity contribution is 7.20. The lowest BCUT2D eigenvalue weighted by atomic mass is 9.91. The molecule has 2 nitrogen and oxygen atoms in total. The van der Waals surface area contributed by atoms with E-state index in [1.165, 1.54) is 36.4 Å². The Hall–Kier alpha value is -3.34. The Morgan fingerprint density at radius 3 is 1.33 bits per heavy atom. The molecule has 0 saturated heterocycles. The SMILES string of the molecule is N#Cc1sc2ccccc2c1C1=C(c2c(C#N)sc3ccccc23)C(F)(F)C(F)(F)C1(F)F. The van der Waals surface area contributed by atoms with Gasteiger partial charge < -0.3 is 0 Å². The molecule has 0 aliphatic heterocycles. The van der Waals surface area contributed by atoms with Gasteiger partial charge in [0.05, 0.1) is 0 Å². The molecule has 0 unspecified atom stereocenters. The normalized spacial score (nSPS) is 18.5. The molecule has 4 aromatic rings. The highest BCUT2D eigenvalue weighted by atomic mass is 32.1. The summed E-state index contributed by atoms with van der Waals surface area (Å²) in [5.41, 5.74) is -4.55. The van der Waals surface area contributed by atoms with Gasteiger partial charge >= 0.3 is 17.8 Å². The quantitative estimate of drug-likeness (QED) is 0.271. The molecule has 0 N–H and O–H groups in total. The second-order valence-corrected chi connectivity index (χ2v) is 9.41. The standard InChI is InChI=1S/C23H8F6N2S2/c24-21(25)19(17-11-5-1-3-7-13(11)32-15(17)9-30)20(22(26,27)23(21,28)29)18-12-6-2-4-8-14(12)33-16(18)10-31/h1-8H. The van der Waals surface area contributed by atoms with Gasteiger partial charge in [-0.3, -0.25) is 0 Å². The fourth-order valence-corrected chi connectivity index (χ4v) is 6.15. The Kier molecular flexibility index (Phi) is 4.45. The van der Waals surface area contributed by atoms with Crippen molar-refractivity contribution >= 4 is 54.0 Å². The average Bonchev–Trinajstić information content (AvgIpc) is 3.36. The summed E-state index contributed by atoms with van der Waals surface area (Å²) in [5, 5.41) is 19.1. The zero-order chi connectivity index (χ0) is 23.8. The second-order valence-electron chi connectivity index (χ2n) is 7.30. The Labute approximate surface area is 190 Å². The van der Waals surface area contributed by atoms with Crippen LogP contribution in [0.25, 0.3) is 31.3 Å². The predicted molar refractivity (Wildman–Crippen MR) is 115 cm³/mol. The molecule has 1 aliphatic carbocycles. The van der Waals surface area contributed by atoms with Gasteiger partial charge in [0.15, 0.2) is 0 Å². The summed E-state index contributed by atoms with van der Waals surface area (Å²) < 4.78 is 91.3. The number of allylic oxidation sites excluding steroid dienone is 2. The van der Waals surface area contributed by atoms with Gasteiger partial charge in [0, 0.05) is 42.4 Å². The van der Waals surface area contributed by atoms with Gasteiger partial charge in [-0.1, -0.05) is 36.4 Å². The van der Waals surface area contributed by atoms with Crippen molar-refractivity contribution in [3.63, 3.8) is 0 Å².